The molecule has 0 radical (unpaired) electrons. The molecule has 0 aliphatic carbocycles. The van der Waals surface area contributed by atoms with Gasteiger partial charge < -0.3 is 24.4 Å². The highest BCUT2D eigenvalue weighted by Gasteiger charge is 2.29. The molecular weight excluding hydrogens is 352 g/mol. The Labute approximate surface area is 158 Å². The van der Waals surface area contributed by atoms with Crippen molar-refractivity contribution in [3.05, 3.63) is 23.8 Å². The second kappa shape index (κ2) is 7.85. The van der Waals surface area contributed by atoms with Crippen LogP contribution in [0.4, 0.5) is 4.79 Å². The number of rotatable bonds is 5. The normalized spacial score (nSPS) is 14.9. The van der Waals surface area contributed by atoms with Crippen molar-refractivity contribution in [1.29, 1.82) is 0 Å². The van der Waals surface area contributed by atoms with Gasteiger partial charge in [0, 0.05) is 12.6 Å². The lowest BCUT2D eigenvalue weighted by molar-refractivity contribution is -0.132. The van der Waals surface area contributed by atoms with E-state index in [1.165, 1.54) is 11.9 Å². The fourth-order valence-corrected chi connectivity index (χ4v) is 2.51. The molecule has 1 unspecified atom stereocenters. The van der Waals surface area contributed by atoms with Crippen molar-refractivity contribution >= 4 is 17.8 Å². The first-order chi connectivity index (χ1) is 12.5. The molecule has 0 spiro atoms. The summed E-state index contributed by atoms with van der Waals surface area (Å²) in [6, 6.07) is 3.34. The van der Waals surface area contributed by atoms with Crippen molar-refractivity contribution in [3.8, 4) is 11.5 Å². The number of hydrogen-bond donors (Lipinski definition) is 1. The van der Waals surface area contributed by atoms with Crippen molar-refractivity contribution in [2.75, 3.05) is 13.8 Å². The van der Waals surface area contributed by atoms with Gasteiger partial charge in [-0.3, -0.25) is 9.59 Å². The first-order valence-corrected chi connectivity index (χ1v) is 8.69. The lowest BCUT2D eigenvalue weighted by Crippen LogP contribution is -2.51. The third kappa shape index (κ3) is 5.12. The highest BCUT2D eigenvalue weighted by atomic mass is 16.7. The second-order valence-corrected chi connectivity index (χ2v) is 7.43. The van der Waals surface area contributed by atoms with Gasteiger partial charge in [0.15, 0.2) is 17.3 Å². The highest BCUT2D eigenvalue weighted by Crippen LogP contribution is 2.33. The molecular formula is C19H26N2O6. The zero-order chi connectivity index (χ0) is 20.4. The van der Waals surface area contributed by atoms with Crippen molar-refractivity contribution < 1.29 is 28.6 Å². The van der Waals surface area contributed by atoms with Crippen LogP contribution < -0.4 is 14.8 Å². The number of ketones is 1. The summed E-state index contributed by atoms with van der Waals surface area (Å²) in [7, 11) is 1.52. The Bertz CT molecular complexity index is 740. The molecule has 1 N–H and O–H groups in total. The van der Waals surface area contributed by atoms with Crippen molar-refractivity contribution in [3.63, 3.8) is 0 Å². The fraction of sp³-hybridized carbons (Fsp3) is 0.526. The molecule has 2 rings (SSSR count). The van der Waals surface area contributed by atoms with E-state index in [9.17, 15) is 14.4 Å². The number of amides is 2. The Morgan fingerprint density at radius 1 is 1.15 bits per heavy atom. The molecule has 1 aromatic carbocycles. The maximum Gasteiger partial charge on any atom is 0.408 e. The lowest BCUT2D eigenvalue weighted by Gasteiger charge is -2.28. The number of ether oxygens (including phenoxy) is 3. The first kappa shape index (κ1) is 20.5. The molecule has 0 fully saturated rings. The molecule has 0 saturated heterocycles. The van der Waals surface area contributed by atoms with Gasteiger partial charge in [-0.15, -0.1) is 0 Å². The Balaban J connectivity index is 2.00. The van der Waals surface area contributed by atoms with Crippen LogP contribution in [0.3, 0.4) is 0 Å². The van der Waals surface area contributed by atoms with Gasteiger partial charge in [-0.2, -0.15) is 0 Å². The molecule has 1 aliphatic heterocycles. The summed E-state index contributed by atoms with van der Waals surface area (Å²) in [5, 5.41) is 2.48. The molecule has 0 bridgehead atoms. The topological polar surface area (TPSA) is 94.2 Å². The molecule has 0 aromatic heterocycles. The van der Waals surface area contributed by atoms with Crippen LogP contribution in [0.15, 0.2) is 18.2 Å². The van der Waals surface area contributed by atoms with E-state index in [1.807, 2.05) is 0 Å². The van der Waals surface area contributed by atoms with Gasteiger partial charge in [-0.1, -0.05) is 0 Å². The van der Waals surface area contributed by atoms with Gasteiger partial charge in [0.1, 0.15) is 11.6 Å². The minimum atomic E-state index is -0.836. The average molecular weight is 378 g/mol. The second-order valence-electron chi connectivity index (χ2n) is 7.43. The molecule has 8 heteroatoms. The van der Waals surface area contributed by atoms with Gasteiger partial charge in [0.2, 0.25) is 12.7 Å². The highest BCUT2D eigenvalue weighted by molar-refractivity contribution is 6.02. The van der Waals surface area contributed by atoms with Gasteiger partial charge in [-0.05, 0) is 52.8 Å². The van der Waals surface area contributed by atoms with Crippen molar-refractivity contribution in [2.24, 2.45) is 0 Å². The number of fused-ring (bicyclic) bond motifs is 1. The molecule has 0 saturated carbocycles. The predicted molar refractivity (Wildman–Crippen MR) is 98.0 cm³/mol. The maximum absolute atomic E-state index is 12.7. The number of alkyl carbamates (subject to hydrolysis) is 1. The smallest absolute Gasteiger partial charge is 0.408 e. The zero-order valence-electron chi connectivity index (χ0n) is 16.5. The Kier molecular flexibility index (Phi) is 5.98. The van der Waals surface area contributed by atoms with E-state index in [4.69, 9.17) is 14.2 Å². The largest absolute Gasteiger partial charge is 0.454 e. The van der Waals surface area contributed by atoms with Gasteiger partial charge in [0.05, 0.1) is 6.04 Å². The van der Waals surface area contributed by atoms with Gasteiger partial charge >= 0.3 is 6.09 Å². The van der Waals surface area contributed by atoms with E-state index in [2.05, 4.69) is 5.32 Å². The number of carbonyl (C=O) groups is 3. The average Bonchev–Trinajstić information content (AvgIpc) is 3.04. The summed E-state index contributed by atoms with van der Waals surface area (Å²) >= 11 is 0. The van der Waals surface area contributed by atoms with Crippen LogP contribution in [0.25, 0.3) is 0 Å². The number of likely N-dealkylation sites (N-methyl/N-ethyl adjacent to an activating group) is 1. The minimum Gasteiger partial charge on any atom is -0.454 e. The molecule has 1 heterocycles. The quantitative estimate of drug-likeness (QED) is 0.791. The molecule has 8 nitrogen and oxygen atoms in total. The molecule has 1 aromatic rings. The molecule has 2 atom stereocenters. The number of hydrogen-bond acceptors (Lipinski definition) is 6. The Hall–Kier alpha value is -2.77. The van der Waals surface area contributed by atoms with E-state index in [1.54, 1.807) is 52.8 Å². The van der Waals surface area contributed by atoms with Crippen LogP contribution >= 0.6 is 0 Å². The van der Waals surface area contributed by atoms with Crippen molar-refractivity contribution in [2.45, 2.75) is 52.3 Å². The van der Waals surface area contributed by atoms with Crippen LogP contribution in [0.2, 0.25) is 0 Å². The minimum absolute atomic E-state index is 0.120. The number of benzene rings is 1. The standard InChI is InChI=1S/C19H26N2O6/c1-11(20-18(24)27-19(3,4)5)17(23)21(6)12(2)16(22)13-7-8-14-15(9-13)26-10-25-14/h7-9,11-12H,10H2,1-6H3,(H,20,24)/t11-,12?/m0/s1. The summed E-state index contributed by atoms with van der Waals surface area (Å²) < 4.78 is 15.7. The third-order valence-electron chi connectivity index (χ3n) is 4.07. The van der Waals surface area contributed by atoms with E-state index >= 15 is 0 Å². The predicted octanol–water partition coefficient (Wildman–Crippen LogP) is 2.36. The molecule has 27 heavy (non-hydrogen) atoms. The maximum atomic E-state index is 12.7. The van der Waals surface area contributed by atoms with E-state index in [0.717, 1.165) is 0 Å². The summed E-state index contributed by atoms with van der Waals surface area (Å²) in [6.45, 7) is 8.49. The van der Waals surface area contributed by atoms with Crippen LogP contribution in [-0.2, 0) is 9.53 Å². The lowest BCUT2D eigenvalue weighted by atomic mass is 10.0. The van der Waals surface area contributed by atoms with Crippen molar-refractivity contribution in [1.82, 2.24) is 10.2 Å². The van der Waals surface area contributed by atoms with E-state index < -0.39 is 29.7 Å². The zero-order valence-corrected chi connectivity index (χ0v) is 16.5. The van der Waals surface area contributed by atoms with Crippen LogP contribution in [0.1, 0.15) is 45.0 Å². The Morgan fingerprint density at radius 2 is 1.78 bits per heavy atom. The monoisotopic (exact) mass is 378 g/mol. The summed E-state index contributed by atoms with van der Waals surface area (Å²) in [4.78, 5) is 38.4. The molecule has 2 amide bonds. The number of Topliss-reactive ketones (excluding diaryl/α,β-unsaturated/α-hetero) is 1. The number of nitrogens with one attached hydrogen (secondary N) is 1. The van der Waals surface area contributed by atoms with Crippen LogP contribution in [0, 0.1) is 0 Å². The number of nitrogens with zero attached hydrogens (tertiary/aromatic N) is 1. The van der Waals surface area contributed by atoms with E-state index in [-0.39, 0.29) is 12.6 Å². The van der Waals surface area contributed by atoms with E-state index in [0.29, 0.717) is 17.1 Å². The SMILES string of the molecule is CC(C(=O)c1ccc2c(c1)OCO2)N(C)C(=O)[C@H](C)NC(=O)OC(C)(C)C. The Morgan fingerprint density at radius 3 is 2.41 bits per heavy atom. The van der Waals surface area contributed by atoms with Gasteiger partial charge in [0.25, 0.3) is 0 Å². The van der Waals surface area contributed by atoms with Crippen LogP contribution in [0.5, 0.6) is 11.5 Å². The summed E-state index contributed by atoms with van der Waals surface area (Å²) in [5.41, 5.74) is -0.249. The molecule has 148 valence electrons. The van der Waals surface area contributed by atoms with Gasteiger partial charge in [-0.25, -0.2) is 4.79 Å². The third-order valence-corrected chi connectivity index (χ3v) is 4.07. The van der Waals surface area contributed by atoms with Crippen LogP contribution in [-0.4, -0.2) is 54.2 Å². The first-order valence-electron chi connectivity index (χ1n) is 8.69. The number of carbonyl (C=O) groups excluding carboxylic acids is 3. The molecule has 1 aliphatic rings. The fourth-order valence-electron chi connectivity index (χ4n) is 2.51. The summed E-state index contributed by atoms with van der Waals surface area (Å²) in [6.07, 6.45) is -0.688. The summed E-state index contributed by atoms with van der Waals surface area (Å²) in [5.74, 6) is 0.442.